The third kappa shape index (κ3) is 6.00. The topological polar surface area (TPSA) is 61.8 Å². The molecule has 0 spiro atoms. The number of nitrogens with one attached hydrogen (secondary N) is 1. The first kappa shape index (κ1) is 14.4. The predicted molar refractivity (Wildman–Crippen MR) is 66.0 cm³/mol. The van der Waals surface area contributed by atoms with Crippen molar-refractivity contribution in [3.05, 3.63) is 0 Å². The first-order valence-corrected chi connectivity index (χ1v) is 6.52. The van der Waals surface area contributed by atoms with E-state index in [1.165, 1.54) is 0 Å². The summed E-state index contributed by atoms with van der Waals surface area (Å²) in [6, 6.07) is 0. The molecule has 0 aliphatic carbocycles. The zero-order valence-electron chi connectivity index (χ0n) is 10.7. The summed E-state index contributed by atoms with van der Waals surface area (Å²) in [5, 5.41) is 12.0. The van der Waals surface area contributed by atoms with Crippen LogP contribution in [-0.2, 0) is 9.53 Å². The van der Waals surface area contributed by atoms with E-state index in [1.54, 1.807) is 0 Å². The lowest BCUT2D eigenvalue weighted by molar-refractivity contribution is -0.137. The molecule has 0 amide bonds. The van der Waals surface area contributed by atoms with Crippen molar-refractivity contribution in [2.24, 2.45) is 0 Å². The summed E-state index contributed by atoms with van der Waals surface area (Å²) >= 11 is 0. The van der Waals surface area contributed by atoms with Crippen LogP contribution in [0, 0.1) is 0 Å². The largest absolute Gasteiger partial charge is 0.481 e. The minimum atomic E-state index is -0.723. The molecular formula is C12H24N2O3. The normalized spacial score (nSPS) is 19.1. The van der Waals surface area contributed by atoms with Gasteiger partial charge in [0.15, 0.2) is 0 Å². The highest BCUT2D eigenvalue weighted by Crippen LogP contribution is 2.12. The Bertz CT molecular complexity index is 218. The maximum absolute atomic E-state index is 10.5. The number of carbonyl (C=O) groups is 1. The molecule has 1 rings (SSSR count). The Hall–Kier alpha value is -0.650. The average molecular weight is 244 g/mol. The Labute approximate surface area is 103 Å². The van der Waals surface area contributed by atoms with Crippen molar-refractivity contribution in [2.75, 3.05) is 32.8 Å². The van der Waals surface area contributed by atoms with E-state index < -0.39 is 5.97 Å². The van der Waals surface area contributed by atoms with Crippen molar-refractivity contribution in [2.45, 2.75) is 38.8 Å². The molecule has 1 atom stereocenters. The van der Waals surface area contributed by atoms with E-state index in [9.17, 15) is 4.79 Å². The van der Waals surface area contributed by atoms with Crippen LogP contribution >= 0.6 is 0 Å². The first-order valence-electron chi connectivity index (χ1n) is 6.52. The average Bonchev–Trinajstić information content (AvgIpc) is 2.34. The number of hydrogen-bond acceptors (Lipinski definition) is 4. The van der Waals surface area contributed by atoms with Gasteiger partial charge in [0.05, 0.1) is 0 Å². The van der Waals surface area contributed by atoms with Crippen LogP contribution in [0.4, 0.5) is 0 Å². The molecule has 100 valence electrons. The third-order valence-electron chi connectivity index (χ3n) is 2.91. The molecular weight excluding hydrogens is 220 g/mol. The van der Waals surface area contributed by atoms with Gasteiger partial charge in [-0.1, -0.05) is 6.92 Å². The smallest absolute Gasteiger partial charge is 0.303 e. The summed E-state index contributed by atoms with van der Waals surface area (Å²) in [4.78, 5) is 12.8. The molecule has 1 heterocycles. The van der Waals surface area contributed by atoms with Crippen molar-refractivity contribution < 1.29 is 14.6 Å². The number of ether oxygens (including phenoxy) is 1. The molecule has 0 aromatic heterocycles. The SMILES string of the molecule is CCCOC(CCCC(=O)O)N1CCNCC1. The Morgan fingerprint density at radius 1 is 1.47 bits per heavy atom. The van der Waals surface area contributed by atoms with E-state index >= 15 is 0 Å². The minimum absolute atomic E-state index is 0.0939. The van der Waals surface area contributed by atoms with Gasteiger partial charge in [0.2, 0.25) is 0 Å². The number of carboxylic acid groups (broad SMARTS) is 1. The van der Waals surface area contributed by atoms with Crippen LogP contribution in [-0.4, -0.2) is 55.0 Å². The summed E-state index contributed by atoms with van der Waals surface area (Å²) in [5.41, 5.74) is 0. The van der Waals surface area contributed by atoms with Crippen molar-refractivity contribution in [3.8, 4) is 0 Å². The Morgan fingerprint density at radius 3 is 2.76 bits per heavy atom. The highest BCUT2D eigenvalue weighted by atomic mass is 16.5. The van der Waals surface area contributed by atoms with Crippen molar-refractivity contribution >= 4 is 5.97 Å². The number of piperazine rings is 1. The Kier molecular flexibility index (Phi) is 7.16. The van der Waals surface area contributed by atoms with Crippen molar-refractivity contribution in [1.82, 2.24) is 10.2 Å². The highest BCUT2D eigenvalue weighted by Gasteiger charge is 2.20. The van der Waals surface area contributed by atoms with Crippen LogP contribution in [0.3, 0.4) is 0 Å². The van der Waals surface area contributed by atoms with Crippen LogP contribution in [0.5, 0.6) is 0 Å². The molecule has 1 unspecified atom stereocenters. The number of hydrogen-bond donors (Lipinski definition) is 2. The fourth-order valence-corrected chi connectivity index (χ4v) is 2.02. The van der Waals surface area contributed by atoms with Gasteiger partial charge in [0.25, 0.3) is 0 Å². The summed E-state index contributed by atoms with van der Waals surface area (Å²) in [5.74, 6) is -0.723. The molecule has 17 heavy (non-hydrogen) atoms. The standard InChI is InChI=1S/C12H24N2O3/c1-2-10-17-11(4-3-5-12(15)16)14-8-6-13-7-9-14/h11,13H,2-10H2,1H3,(H,15,16). The Balaban J connectivity index is 2.32. The second-order valence-electron chi connectivity index (χ2n) is 4.40. The Morgan fingerprint density at radius 2 is 2.18 bits per heavy atom. The number of carboxylic acids is 1. The van der Waals surface area contributed by atoms with E-state index in [2.05, 4.69) is 17.1 Å². The quantitative estimate of drug-likeness (QED) is 0.664. The molecule has 1 fully saturated rings. The molecule has 1 aliphatic heterocycles. The molecule has 1 aliphatic rings. The van der Waals surface area contributed by atoms with Gasteiger partial charge >= 0.3 is 5.97 Å². The van der Waals surface area contributed by atoms with Crippen LogP contribution in [0.15, 0.2) is 0 Å². The number of nitrogens with zero attached hydrogens (tertiary/aromatic N) is 1. The van der Waals surface area contributed by atoms with E-state index in [4.69, 9.17) is 9.84 Å². The van der Waals surface area contributed by atoms with E-state index in [0.717, 1.165) is 45.6 Å². The second kappa shape index (κ2) is 8.44. The molecule has 5 heteroatoms. The van der Waals surface area contributed by atoms with Crippen molar-refractivity contribution in [3.63, 3.8) is 0 Å². The fraction of sp³-hybridized carbons (Fsp3) is 0.917. The molecule has 5 nitrogen and oxygen atoms in total. The van der Waals surface area contributed by atoms with Crippen LogP contribution in [0.25, 0.3) is 0 Å². The lowest BCUT2D eigenvalue weighted by atomic mass is 10.2. The van der Waals surface area contributed by atoms with Gasteiger partial charge in [-0.25, -0.2) is 0 Å². The number of rotatable bonds is 8. The summed E-state index contributed by atoms with van der Waals surface area (Å²) in [6.07, 6.45) is 2.83. The molecule has 1 saturated heterocycles. The monoisotopic (exact) mass is 244 g/mol. The summed E-state index contributed by atoms with van der Waals surface area (Å²) in [6.45, 7) is 6.80. The molecule has 0 bridgehead atoms. The van der Waals surface area contributed by atoms with Gasteiger partial charge in [-0.3, -0.25) is 9.69 Å². The lowest BCUT2D eigenvalue weighted by Crippen LogP contribution is -2.49. The van der Waals surface area contributed by atoms with Crippen LogP contribution in [0.1, 0.15) is 32.6 Å². The maximum Gasteiger partial charge on any atom is 0.303 e. The predicted octanol–water partition coefficient (Wildman–Crippen LogP) is 0.899. The highest BCUT2D eigenvalue weighted by molar-refractivity contribution is 5.66. The maximum atomic E-state index is 10.5. The first-order chi connectivity index (χ1) is 8.24. The summed E-state index contributed by atoms with van der Waals surface area (Å²) < 4.78 is 5.82. The van der Waals surface area contributed by atoms with Gasteiger partial charge in [-0.15, -0.1) is 0 Å². The third-order valence-corrected chi connectivity index (χ3v) is 2.91. The lowest BCUT2D eigenvalue weighted by Gasteiger charge is -2.34. The van der Waals surface area contributed by atoms with E-state index in [-0.39, 0.29) is 12.6 Å². The van der Waals surface area contributed by atoms with Gasteiger partial charge in [0, 0.05) is 39.2 Å². The molecule has 0 saturated carbocycles. The van der Waals surface area contributed by atoms with Gasteiger partial charge in [-0.05, 0) is 19.3 Å². The zero-order chi connectivity index (χ0) is 12.5. The van der Waals surface area contributed by atoms with Crippen molar-refractivity contribution in [1.29, 1.82) is 0 Å². The van der Waals surface area contributed by atoms with E-state index in [1.807, 2.05) is 0 Å². The number of aliphatic carboxylic acids is 1. The summed E-state index contributed by atoms with van der Waals surface area (Å²) in [7, 11) is 0. The molecule has 2 N–H and O–H groups in total. The van der Waals surface area contributed by atoms with Crippen LogP contribution < -0.4 is 5.32 Å². The molecule has 0 radical (unpaired) electrons. The molecule has 0 aromatic rings. The van der Waals surface area contributed by atoms with E-state index in [0.29, 0.717) is 6.42 Å². The van der Waals surface area contributed by atoms with Gasteiger partial charge < -0.3 is 15.2 Å². The van der Waals surface area contributed by atoms with Gasteiger partial charge in [0.1, 0.15) is 6.23 Å². The van der Waals surface area contributed by atoms with Gasteiger partial charge in [-0.2, -0.15) is 0 Å². The second-order valence-corrected chi connectivity index (χ2v) is 4.40. The molecule has 0 aromatic carbocycles. The fourth-order valence-electron chi connectivity index (χ4n) is 2.02. The van der Waals surface area contributed by atoms with Crippen LogP contribution in [0.2, 0.25) is 0 Å². The zero-order valence-corrected chi connectivity index (χ0v) is 10.7. The minimum Gasteiger partial charge on any atom is -0.481 e.